The van der Waals surface area contributed by atoms with E-state index in [9.17, 15) is 32.9 Å². The lowest BCUT2D eigenvalue weighted by atomic mass is 9.90. The molecule has 35 heavy (non-hydrogen) atoms. The number of piperidine rings is 1. The highest BCUT2D eigenvalue weighted by Crippen LogP contribution is 2.35. The Kier molecular flexibility index (Phi) is 8.31. The zero-order valence-corrected chi connectivity index (χ0v) is 19.1. The predicted molar refractivity (Wildman–Crippen MR) is 122 cm³/mol. The largest absolute Gasteiger partial charge is 0.454 e. The van der Waals surface area contributed by atoms with Crippen LogP contribution in [0, 0.1) is 16.0 Å². The van der Waals surface area contributed by atoms with Gasteiger partial charge in [0.25, 0.3) is 11.6 Å². The minimum absolute atomic E-state index is 0.265. The number of anilines is 1. The molecule has 3 rings (SSSR count). The topological polar surface area (TPSA) is 102 Å². The van der Waals surface area contributed by atoms with E-state index in [0.717, 1.165) is 25.3 Å². The van der Waals surface area contributed by atoms with Gasteiger partial charge in [-0.05, 0) is 49.8 Å². The van der Waals surface area contributed by atoms with Gasteiger partial charge in [0.15, 0.2) is 6.61 Å². The lowest BCUT2D eigenvalue weighted by Crippen LogP contribution is -2.42. The van der Waals surface area contributed by atoms with Gasteiger partial charge in [-0.1, -0.05) is 30.3 Å². The number of hydrogen-bond donors (Lipinski definition) is 1. The fraction of sp³-hybridized carbons (Fsp3) is 0.417. The van der Waals surface area contributed by atoms with Crippen molar-refractivity contribution in [3.05, 3.63) is 69.8 Å². The molecule has 1 saturated heterocycles. The van der Waals surface area contributed by atoms with E-state index < -0.39 is 41.0 Å². The molecule has 1 unspecified atom stereocenters. The summed E-state index contributed by atoms with van der Waals surface area (Å²) in [6.45, 7) is 1.96. The number of likely N-dealkylation sites (tertiary alicyclic amines) is 1. The number of amides is 1. The Bertz CT molecular complexity index is 1050. The average Bonchev–Trinajstić information content (AvgIpc) is 2.82. The number of halogens is 3. The minimum atomic E-state index is -4.75. The first-order valence-electron chi connectivity index (χ1n) is 11.1. The number of nitrogens with zero attached hydrogens (tertiary/aromatic N) is 2. The summed E-state index contributed by atoms with van der Waals surface area (Å²) in [5, 5.41) is 13.7. The van der Waals surface area contributed by atoms with Crippen molar-refractivity contribution in [3.8, 4) is 0 Å². The van der Waals surface area contributed by atoms with Crippen LogP contribution in [0.3, 0.4) is 0 Å². The normalized spacial score (nSPS) is 15.4. The maximum Gasteiger partial charge on any atom is 0.416 e. The van der Waals surface area contributed by atoms with E-state index >= 15 is 0 Å². The molecule has 11 heteroatoms. The zero-order valence-electron chi connectivity index (χ0n) is 19.1. The maximum atomic E-state index is 12.8. The number of carbonyl (C=O) groups is 2. The van der Waals surface area contributed by atoms with Crippen molar-refractivity contribution in [2.24, 2.45) is 5.92 Å². The first-order chi connectivity index (χ1) is 16.5. The summed E-state index contributed by atoms with van der Waals surface area (Å²) in [5.74, 6) is -0.733. The highest BCUT2D eigenvalue weighted by Gasteiger charge is 2.33. The van der Waals surface area contributed by atoms with Crippen molar-refractivity contribution >= 4 is 23.3 Å². The molecule has 0 aromatic heterocycles. The number of rotatable bonds is 8. The van der Waals surface area contributed by atoms with E-state index in [2.05, 4.69) is 17.4 Å². The zero-order chi connectivity index (χ0) is 25.6. The third-order valence-electron chi connectivity index (χ3n) is 5.92. The molecule has 1 heterocycles. The molecule has 0 bridgehead atoms. The van der Waals surface area contributed by atoms with Crippen molar-refractivity contribution in [1.82, 2.24) is 4.90 Å². The molecule has 0 spiro atoms. The van der Waals surface area contributed by atoms with Crippen LogP contribution in [0.2, 0.25) is 0 Å². The summed E-state index contributed by atoms with van der Waals surface area (Å²) in [5.41, 5.74) is -1.02. The van der Waals surface area contributed by atoms with E-state index in [1.165, 1.54) is 12.5 Å². The van der Waals surface area contributed by atoms with Crippen molar-refractivity contribution < 1.29 is 32.4 Å². The maximum absolute atomic E-state index is 12.8. The lowest BCUT2D eigenvalue weighted by Gasteiger charge is -2.32. The second kappa shape index (κ2) is 11.2. The second-order valence-corrected chi connectivity index (χ2v) is 8.47. The van der Waals surface area contributed by atoms with Gasteiger partial charge in [0.1, 0.15) is 11.7 Å². The van der Waals surface area contributed by atoms with Gasteiger partial charge < -0.3 is 15.0 Å². The molecule has 1 aliphatic rings. The quantitative estimate of drug-likeness (QED) is 0.332. The minimum Gasteiger partial charge on any atom is -0.454 e. The second-order valence-electron chi connectivity index (χ2n) is 8.47. The Balaban J connectivity index is 1.48. The summed E-state index contributed by atoms with van der Waals surface area (Å²) in [6, 6.07) is 10.9. The van der Waals surface area contributed by atoms with Gasteiger partial charge in [-0.2, -0.15) is 13.2 Å². The number of benzene rings is 2. The molecule has 2 aromatic carbocycles. The number of hydrogen-bond acceptors (Lipinski definition) is 6. The van der Waals surface area contributed by atoms with Crippen LogP contribution in [0.1, 0.15) is 30.9 Å². The molecule has 0 aliphatic carbocycles. The number of nitro groups is 1. The van der Waals surface area contributed by atoms with Crippen LogP contribution in [0.4, 0.5) is 24.5 Å². The Morgan fingerprint density at radius 2 is 1.83 bits per heavy atom. The number of esters is 1. The Morgan fingerprint density at radius 1 is 1.17 bits per heavy atom. The summed E-state index contributed by atoms with van der Waals surface area (Å²) in [6.07, 6.45) is -2.13. The number of alkyl halides is 3. The van der Waals surface area contributed by atoms with Crippen LogP contribution in [-0.4, -0.2) is 47.4 Å². The monoisotopic (exact) mass is 493 g/mol. The number of carbonyl (C=O) groups excluding carboxylic acids is 2. The molecule has 0 saturated carbocycles. The van der Waals surface area contributed by atoms with E-state index in [4.69, 9.17) is 4.74 Å². The summed E-state index contributed by atoms with van der Waals surface area (Å²) in [7, 11) is 0. The highest BCUT2D eigenvalue weighted by molar-refractivity contribution is 5.84. The predicted octanol–water partition coefficient (Wildman–Crippen LogP) is 4.44. The van der Waals surface area contributed by atoms with Crippen LogP contribution < -0.4 is 5.32 Å². The van der Waals surface area contributed by atoms with Gasteiger partial charge in [-0.25, -0.2) is 4.79 Å². The van der Waals surface area contributed by atoms with E-state index in [-0.39, 0.29) is 11.6 Å². The standard InChI is InChI=1S/C24H26F3N3O5/c1-16(28-20-8-7-19(24(25,26)27)14-21(20)30(33)34)23(32)35-15-22(31)29-11-9-18(10-12-29)13-17-5-3-2-4-6-17/h2-8,14,16,18,28H,9-13,15H2,1H3. The highest BCUT2D eigenvalue weighted by atomic mass is 19.4. The van der Waals surface area contributed by atoms with Gasteiger partial charge >= 0.3 is 12.1 Å². The lowest BCUT2D eigenvalue weighted by molar-refractivity contribution is -0.384. The Morgan fingerprint density at radius 3 is 2.43 bits per heavy atom. The fourth-order valence-electron chi connectivity index (χ4n) is 3.96. The third-order valence-corrected chi connectivity index (χ3v) is 5.92. The van der Waals surface area contributed by atoms with E-state index in [1.54, 1.807) is 4.90 Å². The van der Waals surface area contributed by atoms with Gasteiger partial charge in [0.05, 0.1) is 10.5 Å². The fourth-order valence-corrected chi connectivity index (χ4v) is 3.96. The van der Waals surface area contributed by atoms with Crippen LogP contribution in [0.25, 0.3) is 0 Å². The molecule has 1 aliphatic heterocycles. The van der Waals surface area contributed by atoms with Crippen LogP contribution in [-0.2, 0) is 26.9 Å². The number of ether oxygens (including phenoxy) is 1. The van der Waals surface area contributed by atoms with E-state index in [0.29, 0.717) is 31.1 Å². The molecule has 1 fully saturated rings. The van der Waals surface area contributed by atoms with E-state index in [1.807, 2.05) is 18.2 Å². The molecule has 188 valence electrons. The molecule has 1 amide bonds. The van der Waals surface area contributed by atoms with Gasteiger partial charge in [0.2, 0.25) is 0 Å². The van der Waals surface area contributed by atoms with Crippen LogP contribution in [0.15, 0.2) is 48.5 Å². The number of nitro benzene ring substituents is 1. The third kappa shape index (κ3) is 7.17. The smallest absolute Gasteiger partial charge is 0.416 e. The molecule has 0 radical (unpaired) electrons. The molecule has 8 nitrogen and oxygen atoms in total. The van der Waals surface area contributed by atoms with Crippen molar-refractivity contribution in [2.75, 3.05) is 25.0 Å². The van der Waals surface area contributed by atoms with Gasteiger partial charge in [-0.3, -0.25) is 14.9 Å². The molecule has 1 atom stereocenters. The van der Waals surface area contributed by atoms with Gasteiger partial charge in [0, 0.05) is 19.2 Å². The van der Waals surface area contributed by atoms with Gasteiger partial charge in [-0.15, -0.1) is 0 Å². The van der Waals surface area contributed by atoms with Crippen molar-refractivity contribution in [2.45, 2.75) is 38.4 Å². The number of nitrogens with one attached hydrogen (secondary N) is 1. The van der Waals surface area contributed by atoms with Crippen molar-refractivity contribution in [3.63, 3.8) is 0 Å². The SMILES string of the molecule is CC(Nc1ccc(C(F)(F)F)cc1[N+](=O)[O-])C(=O)OCC(=O)N1CCC(Cc2ccccc2)CC1. The molecular weight excluding hydrogens is 467 g/mol. The first-order valence-corrected chi connectivity index (χ1v) is 11.1. The molecule has 1 N–H and O–H groups in total. The Labute approximate surface area is 200 Å². The Hall–Kier alpha value is -3.63. The summed E-state index contributed by atoms with van der Waals surface area (Å²) >= 11 is 0. The molecule has 2 aromatic rings. The van der Waals surface area contributed by atoms with Crippen LogP contribution in [0.5, 0.6) is 0 Å². The van der Waals surface area contributed by atoms with Crippen molar-refractivity contribution in [1.29, 1.82) is 0 Å². The summed E-state index contributed by atoms with van der Waals surface area (Å²) in [4.78, 5) is 36.6. The first kappa shape index (κ1) is 26.0. The average molecular weight is 493 g/mol. The molecular formula is C24H26F3N3O5. The van der Waals surface area contributed by atoms with Crippen LogP contribution >= 0.6 is 0 Å². The summed E-state index contributed by atoms with van der Waals surface area (Å²) < 4.78 is 43.6.